The topological polar surface area (TPSA) is 58.0 Å². The van der Waals surface area contributed by atoms with E-state index in [0.29, 0.717) is 18.8 Å². The lowest BCUT2D eigenvalue weighted by molar-refractivity contribution is 0.0696. The molecule has 2 N–H and O–H groups in total. The highest BCUT2D eigenvalue weighted by atomic mass is 35.5. The average molecular weight is 230 g/mol. The van der Waals surface area contributed by atoms with E-state index in [4.69, 9.17) is 11.6 Å². The van der Waals surface area contributed by atoms with Crippen LogP contribution in [0, 0.1) is 6.92 Å². The lowest BCUT2D eigenvalue weighted by Crippen LogP contribution is -2.32. The highest BCUT2D eigenvalue weighted by Crippen LogP contribution is 2.13. The Kier molecular flexibility index (Phi) is 3.88. The van der Waals surface area contributed by atoms with Gasteiger partial charge in [-0.2, -0.15) is 0 Å². The van der Waals surface area contributed by atoms with Gasteiger partial charge in [0.15, 0.2) is 0 Å². The number of halogens is 1. The number of aromatic nitrogens is 2. The highest BCUT2D eigenvalue weighted by Gasteiger charge is 2.17. The van der Waals surface area contributed by atoms with Crippen molar-refractivity contribution in [2.24, 2.45) is 0 Å². The quantitative estimate of drug-likeness (QED) is 0.776. The van der Waals surface area contributed by atoms with Crippen molar-refractivity contribution >= 4 is 17.4 Å². The van der Waals surface area contributed by atoms with Crippen LogP contribution in [-0.2, 0) is 0 Å². The summed E-state index contributed by atoms with van der Waals surface area (Å²) >= 11 is 5.71. The Hall–Kier alpha value is -0.870. The summed E-state index contributed by atoms with van der Waals surface area (Å²) in [4.78, 5) is 7.95. The number of nitrogens with zero attached hydrogens (tertiary/aromatic N) is 2. The molecule has 1 aromatic rings. The number of rotatable bonds is 4. The summed E-state index contributed by atoms with van der Waals surface area (Å²) in [6, 6.07) is 1.79. The summed E-state index contributed by atoms with van der Waals surface area (Å²) in [6.45, 7) is 5.99. The SMILES string of the molecule is CCC(C)(O)CNc1cc(C)nc(Cl)n1. The molecule has 15 heavy (non-hydrogen) atoms. The number of nitrogens with one attached hydrogen (secondary N) is 1. The van der Waals surface area contributed by atoms with E-state index in [-0.39, 0.29) is 5.28 Å². The van der Waals surface area contributed by atoms with Crippen LogP contribution in [0.2, 0.25) is 5.28 Å². The number of hydrogen-bond acceptors (Lipinski definition) is 4. The molecule has 1 aromatic heterocycles. The van der Waals surface area contributed by atoms with Gasteiger partial charge in [0.2, 0.25) is 5.28 Å². The number of aryl methyl sites for hydroxylation is 1. The largest absolute Gasteiger partial charge is 0.388 e. The Morgan fingerprint density at radius 1 is 1.53 bits per heavy atom. The zero-order valence-electron chi connectivity index (χ0n) is 9.21. The van der Waals surface area contributed by atoms with Gasteiger partial charge in [-0.05, 0) is 31.9 Å². The normalized spacial score (nSPS) is 14.7. The van der Waals surface area contributed by atoms with Crippen molar-refractivity contribution < 1.29 is 5.11 Å². The predicted octanol–water partition coefficient (Wildman–Crippen LogP) is 2.01. The van der Waals surface area contributed by atoms with Gasteiger partial charge in [-0.25, -0.2) is 9.97 Å². The second-order valence-corrected chi connectivity index (χ2v) is 4.21. The molecule has 1 heterocycles. The maximum Gasteiger partial charge on any atom is 0.224 e. The fraction of sp³-hybridized carbons (Fsp3) is 0.600. The first-order valence-corrected chi connectivity index (χ1v) is 5.28. The molecule has 1 rings (SSSR count). The first-order valence-electron chi connectivity index (χ1n) is 4.90. The van der Waals surface area contributed by atoms with Crippen LogP contribution in [0.5, 0.6) is 0 Å². The second kappa shape index (κ2) is 4.77. The molecule has 1 unspecified atom stereocenters. The summed E-state index contributed by atoms with van der Waals surface area (Å²) in [5.41, 5.74) is 0.0688. The number of hydrogen-bond donors (Lipinski definition) is 2. The molecule has 0 aliphatic rings. The van der Waals surface area contributed by atoms with Crippen LogP contribution in [0.15, 0.2) is 6.07 Å². The molecule has 0 fully saturated rings. The lowest BCUT2D eigenvalue weighted by Gasteiger charge is -2.21. The third kappa shape index (κ3) is 4.01. The van der Waals surface area contributed by atoms with Crippen LogP contribution in [-0.4, -0.2) is 27.2 Å². The fourth-order valence-electron chi connectivity index (χ4n) is 1.03. The van der Waals surface area contributed by atoms with Gasteiger partial charge in [0.25, 0.3) is 0 Å². The van der Waals surface area contributed by atoms with Crippen LogP contribution in [0.3, 0.4) is 0 Å². The third-order valence-corrected chi connectivity index (χ3v) is 2.41. The summed E-state index contributed by atoms with van der Waals surface area (Å²) in [5.74, 6) is 0.640. The van der Waals surface area contributed by atoms with Crippen molar-refractivity contribution in [2.75, 3.05) is 11.9 Å². The van der Waals surface area contributed by atoms with Crippen LogP contribution >= 0.6 is 11.6 Å². The van der Waals surface area contributed by atoms with Crippen molar-refractivity contribution in [1.29, 1.82) is 0 Å². The van der Waals surface area contributed by atoms with E-state index in [1.54, 1.807) is 13.0 Å². The van der Waals surface area contributed by atoms with Crippen molar-refractivity contribution in [3.05, 3.63) is 17.0 Å². The maximum absolute atomic E-state index is 9.78. The minimum absolute atomic E-state index is 0.216. The van der Waals surface area contributed by atoms with Crippen molar-refractivity contribution in [1.82, 2.24) is 9.97 Å². The Morgan fingerprint density at radius 3 is 2.73 bits per heavy atom. The molecule has 1 atom stereocenters. The molecular weight excluding hydrogens is 214 g/mol. The minimum Gasteiger partial charge on any atom is -0.388 e. The van der Waals surface area contributed by atoms with E-state index in [2.05, 4.69) is 15.3 Å². The molecule has 0 saturated carbocycles. The summed E-state index contributed by atoms with van der Waals surface area (Å²) < 4.78 is 0. The average Bonchev–Trinajstić information content (AvgIpc) is 2.14. The predicted molar refractivity (Wildman–Crippen MR) is 61.2 cm³/mol. The summed E-state index contributed by atoms with van der Waals surface area (Å²) in [7, 11) is 0. The van der Waals surface area contributed by atoms with Gasteiger partial charge in [0.1, 0.15) is 5.82 Å². The Morgan fingerprint density at radius 2 is 2.20 bits per heavy atom. The van der Waals surface area contributed by atoms with Gasteiger partial charge >= 0.3 is 0 Å². The standard InChI is InChI=1S/C10H16ClN3O/c1-4-10(3,15)6-12-8-5-7(2)13-9(11)14-8/h5,15H,4,6H2,1-3H3,(H,12,13,14). The first-order chi connectivity index (χ1) is 6.93. The third-order valence-electron chi connectivity index (χ3n) is 2.24. The molecule has 0 aliphatic carbocycles. The van der Waals surface area contributed by atoms with E-state index >= 15 is 0 Å². The van der Waals surface area contributed by atoms with Gasteiger partial charge in [0, 0.05) is 18.3 Å². The zero-order valence-corrected chi connectivity index (χ0v) is 9.97. The van der Waals surface area contributed by atoms with E-state index in [9.17, 15) is 5.11 Å². The summed E-state index contributed by atoms with van der Waals surface area (Å²) in [5, 5.41) is 13.0. The van der Waals surface area contributed by atoms with Crippen molar-refractivity contribution in [2.45, 2.75) is 32.8 Å². The smallest absolute Gasteiger partial charge is 0.224 e. The van der Waals surface area contributed by atoms with Crippen LogP contribution in [0.4, 0.5) is 5.82 Å². The second-order valence-electron chi connectivity index (χ2n) is 3.87. The zero-order chi connectivity index (χ0) is 11.5. The monoisotopic (exact) mass is 229 g/mol. The number of anilines is 1. The summed E-state index contributed by atoms with van der Waals surface area (Å²) in [6.07, 6.45) is 0.678. The van der Waals surface area contributed by atoms with E-state index in [1.807, 2.05) is 13.8 Å². The van der Waals surface area contributed by atoms with Crippen LogP contribution < -0.4 is 5.32 Å². The maximum atomic E-state index is 9.78. The van der Waals surface area contributed by atoms with Crippen molar-refractivity contribution in [3.8, 4) is 0 Å². The Bertz CT molecular complexity index is 321. The van der Waals surface area contributed by atoms with Gasteiger partial charge < -0.3 is 10.4 Å². The Labute approximate surface area is 94.7 Å². The van der Waals surface area contributed by atoms with E-state index < -0.39 is 5.60 Å². The van der Waals surface area contributed by atoms with Crippen LogP contribution in [0.1, 0.15) is 26.0 Å². The first kappa shape index (κ1) is 12.2. The molecular formula is C10H16ClN3O. The van der Waals surface area contributed by atoms with Crippen molar-refractivity contribution in [3.63, 3.8) is 0 Å². The molecule has 0 amide bonds. The minimum atomic E-state index is -0.731. The number of aliphatic hydroxyl groups is 1. The molecule has 0 spiro atoms. The van der Waals surface area contributed by atoms with Crippen LogP contribution in [0.25, 0.3) is 0 Å². The molecule has 0 aromatic carbocycles. The molecule has 5 heteroatoms. The molecule has 0 saturated heterocycles. The molecule has 0 bridgehead atoms. The van der Waals surface area contributed by atoms with Gasteiger partial charge in [0.05, 0.1) is 5.60 Å². The fourth-order valence-corrected chi connectivity index (χ4v) is 1.25. The highest BCUT2D eigenvalue weighted by molar-refractivity contribution is 6.28. The molecule has 84 valence electrons. The molecule has 4 nitrogen and oxygen atoms in total. The molecule has 0 radical (unpaired) electrons. The van der Waals surface area contributed by atoms with E-state index in [1.165, 1.54) is 0 Å². The lowest BCUT2D eigenvalue weighted by atomic mass is 10.0. The van der Waals surface area contributed by atoms with E-state index in [0.717, 1.165) is 5.69 Å². The van der Waals surface area contributed by atoms with Gasteiger partial charge in [-0.15, -0.1) is 0 Å². The molecule has 0 aliphatic heterocycles. The van der Waals surface area contributed by atoms with Gasteiger partial charge in [-0.1, -0.05) is 6.92 Å². The van der Waals surface area contributed by atoms with Gasteiger partial charge in [-0.3, -0.25) is 0 Å². The Balaban J connectivity index is 2.65.